The van der Waals surface area contributed by atoms with Crippen molar-refractivity contribution in [1.82, 2.24) is 9.62 Å². The fraction of sp³-hybridized carbons (Fsp3) is 0.458. The van der Waals surface area contributed by atoms with Gasteiger partial charge in [0, 0.05) is 25.6 Å². The fourth-order valence-corrected chi connectivity index (χ4v) is 5.29. The Morgan fingerprint density at radius 3 is 2.45 bits per heavy atom. The quantitative estimate of drug-likeness (QED) is 0.568. The van der Waals surface area contributed by atoms with Gasteiger partial charge in [-0.2, -0.15) is 4.31 Å². The molecule has 7 heteroatoms. The molecule has 31 heavy (non-hydrogen) atoms. The van der Waals surface area contributed by atoms with Crippen LogP contribution in [-0.4, -0.2) is 44.9 Å². The summed E-state index contributed by atoms with van der Waals surface area (Å²) in [5, 5.41) is 3.02. The first-order valence-corrected chi connectivity index (χ1v) is 12.5. The van der Waals surface area contributed by atoms with Crippen LogP contribution in [0.4, 0.5) is 0 Å². The van der Waals surface area contributed by atoms with Crippen LogP contribution in [0, 0.1) is 5.92 Å². The molecule has 1 aliphatic rings. The summed E-state index contributed by atoms with van der Waals surface area (Å²) in [4.78, 5) is 12.8. The number of carbonyl (C=O) groups excluding carboxylic acids is 1. The fourth-order valence-electron chi connectivity index (χ4n) is 3.80. The van der Waals surface area contributed by atoms with Crippen LogP contribution < -0.4 is 10.1 Å². The van der Waals surface area contributed by atoms with Gasteiger partial charge in [-0.1, -0.05) is 43.3 Å². The highest BCUT2D eigenvalue weighted by molar-refractivity contribution is 7.89. The van der Waals surface area contributed by atoms with E-state index in [1.165, 1.54) is 4.31 Å². The molecule has 0 aromatic heterocycles. The van der Waals surface area contributed by atoms with Gasteiger partial charge in [0.2, 0.25) is 15.9 Å². The summed E-state index contributed by atoms with van der Waals surface area (Å²) in [5.74, 6) is 0.803. The van der Waals surface area contributed by atoms with Gasteiger partial charge in [-0.15, -0.1) is 0 Å². The maximum Gasteiger partial charge on any atom is 0.243 e. The molecule has 0 unspecified atom stereocenters. The number of aryl methyl sites for hydroxylation is 1. The zero-order valence-corrected chi connectivity index (χ0v) is 18.9. The lowest BCUT2D eigenvalue weighted by atomic mass is 9.97. The number of nitrogens with one attached hydrogen (secondary N) is 1. The van der Waals surface area contributed by atoms with Crippen LogP contribution in [0.5, 0.6) is 5.75 Å². The summed E-state index contributed by atoms with van der Waals surface area (Å²) in [6.07, 6.45) is 3.74. The van der Waals surface area contributed by atoms with E-state index in [4.69, 9.17) is 4.74 Å². The molecule has 0 spiro atoms. The normalized spacial score (nSPS) is 15.5. The van der Waals surface area contributed by atoms with E-state index in [9.17, 15) is 13.2 Å². The molecular weight excluding hydrogens is 412 g/mol. The SMILES string of the molecule is CCCOc1ccccc1CCCNC(=O)C1CCN(S(=O)(=O)c2ccccc2)CC1. The van der Waals surface area contributed by atoms with Crippen LogP contribution in [0.1, 0.15) is 38.2 Å². The first kappa shape index (κ1) is 23.3. The molecule has 0 aliphatic carbocycles. The minimum absolute atomic E-state index is 0.0206. The Bertz CT molecular complexity index is 939. The number of piperidine rings is 1. The van der Waals surface area contributed by atoms with Gasteiger partial charge < -0.3 is 10.1 Å². The van der Waals surface area contributed by atoms with Gasteiger partial charge in [0.05, 0.1) is 11.5 Å². The Morgan fingerprint density at radius 2 is 1.74 bits per heavy atom. The Kier molecular flexibility index (Phi) is 8.49. The van der Waals surface area contributed by atoms with E-state index in [1.54, 1.807) is 30.3 Å². The van der Waals surface area contributed by atoms with E-state index in [0.717, 1.165) is 30.6 Å². The Labute approximate surface area is 185 Å². The summed E-state index contributed by atoms with van der Waals surface area (Å²) in [6.45, 7) is 4.13. The third-order valence-corrected chi connectivity index (χ3v) is 7.47. The van der Waals surface area contributed by atoms with Crippen LogP contribution in [0.25, 0.3) is 0 Å². The van der Waals surface area contributed by atoms with Crippen LogP contribution in [0.3, 0.4) is 0 Å². The van der Waals surface area contributed by atoms with Gasteiger partial charge in [0.1, 0.15) is 5.75 Å². The lowest BCUT2D eigenvalue weighted by molar-refractivity contribution is -0.126. The number of nitrogens with zero attached hydrogens (tertiary/aromatic N) is 1. The van der Waals surface area contributed by atoms with Crippen molar-refractivity contribution in [3.8, 4) is 5.75 Å². The molecule has 1 N–H and O–H groups in total. The molecule has 168 valence electrons. The zero-order chi connectivity index (χ0) is 22.1. The van der Waals surface area contributed by atoms with E-state index in [-0.39, 0.29) is 11.8 Å². The lowest BCUT2D eigenvalue weighted by Crippen LogP contribution is -2.43. The van der Waals surface area contributed by atoms with Gasteiger partial charge in [-0.25, -0.2) is 8.42 Å². The molecule has 0 radical (unpaired) electrons. The highest BCUT2D eigenvalue weighted by Gasteiger charge is 2.31. The number of carbonyl (C=O) groups is 1. The molecule has 1 aliphatic heterocycles. The van der Waals surface area contributed by atoms with E-state index in [0.29, 0.717) is 44.0 Å². The number of sulfonamides is 1. The molecular formula is C24H32N2O4S. The van der Waals surface area contributed by atoms with Gasteiger partial charge >= 0.3 is 0 Å². The minimum Gasteiger partial charge on any atom is -0.493 e. The average Bonchev–Trinajstić information content (AvgIpc) is 2.81. The van der Waals surface area contributed by atoms with Crippen molar-refractivity contribution in [3.63, 3.8) is 0 Å². The van der Waals surface area contributed by atoms with E-state index in [2.05, 4.69) is 18.3 Å². The van der Waals surface area contributed by atoms with Gasteiger partial charge in [0.15, 0.2) is 0 Å². The largest absolute Gasteiger partial charge is 0.493 e. The molecule has 3 rings (SSSR count). The average molecular weight is 445 g/mol. The van der Waals surface area contributed by atoms with Crippen molar-refractivity contribution < 1.29 is 17.9 Å². The Hall–Kier alpha value is -2.38. The van der Waals surface area contributed by atoms with E-state index < -0.39 is 10.0 Å². The highest BCUT2D eigenvalue weighted by atomic mass is 32.2. The number of para-hydroxylation sites is 1. The second-order valence-electron chi connectivity index (χ2n) is 7.84. The van der Waals surface area contributed by atoms with Gasteiger partial charge in [-0.05, 0) is 55.9 Å². The maximum absolute atomic E-state index is 12.7. The smallest absolute Gasteiger partial charge is 0.243 e. The number of benzene rings is 2. The molecule has 2 aromatic rings. The number of ether oxygens (including phenoxy) is 1. The maximum atomic E-state index is 12.7. The predicted molar refractivity (Wildman–Crippen MR) is 121 cm³/mol. The highest BCUT2D eigenvalue weighted by Crippen LogP contribution is 2.24. The first-order valence-electron chi connectivity index (χ1n) is 11.1. The minimum atomic E-state index is -3.48. The molecule has 2 aromatic carbocycles. The van der Waals surface area contributed by atoms with Crippen LogP contribution >= 0.6 is 0 Å². The van der Waals surface area contributed by atoms with Gasteiger partial charge in [-0.3, -0.25) is 4.79 Å². The van der Waals surface area contributed by atoms with Crippen molar-refractivity contribution >= 4 is 15.9 Å². The topological polar surface area (TPSA) is 75.7 Å². The summed E-state index contributed by atoms with van der Waals surface area (Å²) in [5.41, 5.74) is 1.16. The van der Waals surface area contributed by atoms with E-state index >= 15 is 0 Å². The third kappa shape index (κ3) is 6.31. The number of hydrogen-bond acceptors (Lipinski definition) is 4. The molecule has 0 bridgehead atoms. The zero-order valence-electron chi connectivity index (χ0n) is 18.1. The van der Waals surface area contributed by atoms with Crippen LogP contribution in [0.15, 0.2) is 59.5 Å². The second-order valence-corrected chi connectivity index (χ2v) is 9.78. The molecule has 0 saturated carbocycles. The summed E-state index contributed by atoms with van der Waals surface area (Å²) < 4.78 is 32.7. The number of hydrogen-bond donors (Lipinski definition) is 1. The van der Waals surface area contributed by atoms with Crippen LogP contribution in [0.2, 0.25) is 0 Å². The third-order valence-electron chi connectivity index (χ3n) is 5.56. The van der Waals surface area contributed by atoms with Crippen LogP contribution in [-0.2, 0) is 21.2 Å². The Balaban J connectivity index is 1.42. The summed E-state index contributed by atoms with van der Waals surface area (Å²) in [6, 6.07) is 16.5. The van der Waals surface area contributed by atoms with Crippen molar-refractivity contribution in [3.05, 3.63) is 60.2 Å². The first-order chi connectivity index (χ1) is 15.0. The van der Waals surface area contributed by atoms with Crippen molar-refractivity contribution in [1.29, 1.82) is 0 Å². The predicted octanol–water partition coefficient (Wildman–Crippen LogP) is 3.63. The number of amides is 1. The molecule has 1 amide bonds. The summed E-state index contributed by atoms with van der Waals surface area (Å²) in [7, 11) is -3.48. The van der Waals surface area contributed by atoms with Crippen molar-refractivity contribution in [2.24, 2.45) is 5.92 Å². The molecule has 1 saturated heterocycles. The lowest BCUT2D eigenvalue weighted by Gasteiger charge is -2.30. The molecule has 1 heterocycles. The number of rotatable bonds is 10. The second kappa shape index (κ2) is 11.3. The summed E-state index contributed by atoms with van der Waals surface area (Å²) >= 11 is 0. The Morgan fingerprint density at radius 1 is 1.06 bits per heavy atom. The van der Waals surface area contributed by atoms with E-state index in [1.807, 2.05) is 18.2 Å². The molecule has 1 fully saturated rings. The van der Waals surface area contributed by atoms with Crippen molar-refractivity contribution in [2.75, 3.05) is 26.2 Å². The van der Waals surface area contributed by atoms with Gasteiger partial charge in [0.25, 0.3) is 0 Å². The molecule has 6 nitrogen and oxygen atoms in total. The molecule has 0 atom stereocenters. The monoisotopic (exact) mass is 444 g/mol. The standard InChI is InChI=1S/C24H32N2O4S/c1-2-19-30-23-13-7-6-9-20(23)10-8-16-25-24(27)21-14-17-26(18-15-21)31(28,29)22-11-4-3-5-12-22/h3-7,9,11-13,21H,2,8,10,14-19H2,1H3,(H,25,27). The van der Waals surface area contributed by atoms with Crippen molar-refractivity contribution in [2.45, 2.75) is 43.9 Å².